The summed E-state index contributed by atoms with van der Waals surface area (Å²) in [5.74, 6) is 0. The van der Waals surface area contributed by atoms with Gasteiger partial charge in [-0.3, -0.25) is 13.8 Å². The number of aromatic nitrogens is 3. The zero-order valence-electron chi connectivity index (χ0n) is 12.8. The van der Waals surface area contributed by atoms with Crippen LogP contribution >= 0.6 is 15.9 Å². The minimum atomic E-state index is 0.0586. The fourth-order valence-corrected chi connectivity index (χ4v) is 3.42. The Morgan fingerprint density at radius 2 is 1.91 bits per heavy atom. The molecular weight excluding hydrogens is 354 g/mol. The Hall–Kier alpha value is -2.14. The molecule has 0 radical (unpaired) electrons. The van der Waals surface area contributed by atoms with Crippen molar-refractivity contribution in [3.63, 3.8) is 0 Å². The Morgan fingerprint density at radius 1 is 1.13 bits per heavy atom. The van der Waals surface area contributed by atoms with Crippen molar-refractivity contribution in [3.8, 4) is 0 Å². The summed E-state index contributed by atoms with van der Waals surface area (Å²) >= 11 is 3.51. The van der Waals surface area contributed by atoms with Crippen LogP contribution in [-0.2, 0) is 6.54 Å². The average molecular weight is 370 g/mol. The van der Waals surface area contributed by atoms with E-state index in [-0.39, 0.29) is 5.56 Å². The maximum absolute atomic E-state index is 13.0. The van der Waals surface area contributed by atoms with Gasteiger partial charge in [0.1, 0.15) is 16.8 Å². The van der Waals surface area contributed by atoms with Crippen LogP contribution < -0.4 is 5.56 Å². The molecule has 3 heterocycles. The van der Waals surface area contributed by atoms with Crippen molar-refractivity contribution in [3.05, 3.63) is 57.4 Å². The molecule has 0 bridgehead atoms. The van der Waals surface area contributed by atoms with Crippen LogP contribution in [0.2, 0.25) is 0 Å². The lowest BCUT2D eigenvalue weighted by Gasteiger charge is -2.10. The fraction of sp³-hybridized carbons (Fsp3) is 0.222. The number of hydrogen-bond donors (Lipinski definition) is 0. The van der Waals surface area contributed by atoms with E-state index in [1.807, 2.05) is 51.6 Å². The van der Waals surface area contributed by atoms with Gasteiger partial charge in [0.25, 0.3) is 5.56 Å². The van der Waals surface area contributed by atoms with Gasteiger partial charge in [-0.2, -0.15) is 0 Å². The third-order valence-electron chi connectivity index (χ3n) is 4.21. The van der Waals surface area contributed by atoms with E-state index in [1.54, 1.807) is 0 Å². The number of pyridine rings is 2. The maximum Gasteiger partial charge on any atom is 0.260 e. The summed E-state index contributed by atoms with van der Waals surface area (Å²) in [6.07, 6.45) is 3.98. The van der Waals surface area contributed by atoms with Crippen LogP contribution in [0.3, 0.4) is 0 Å². The van der Waals surface area contributed by atoms with E-state index >= 15 is 0 Å². The molecule has 3 aromatic heterocycles. The fourth-order valence-electron chi connectivity index (χ4n) is 3.09. The van der Waals surface area contributed by atoms with Crippen LogP contribution in [0.5, 0.6) is 0 Å². The molecule has 0 saturated heterocycles. The maximum atomic E-state index is 13.0. The third-order valence-corrected chi connectivity index (χ3v) is 4.67. The van der Waals surface area contributed by atoms with E-state index in [4.69, 9.17) is 4.98 Å². The summed E-state index contributed by atoms with van der Waals surface area (Å²) in [6, 6.07) is 11.7. The SMILES string of the molecule is CCCCn1c(=O)c2ccccc2c2nc3ccc(Br)cn3c21. The van der Waals surface area contributed by atoms with Crippen molar-refractivity contribution >= 4 is 43.5 Å². The molecule has 4 aromatic rings. The summed E-state index contributed by atoms with van der Waals surface area (Å²) in [6.45, 7) is 2.84. The molecule has 0 aliphatic carbocycles. The van der Waals surface area contributed by atoms with Gasteiger partial charge in [0.05, 0.1) is 0 Å². The quantitative estimate of drug-likeness (QED) is 0.537. The summed E-state index contributed by atoms with van der Waals surface area (Å²) < 4.78 is 4.84. The van der Waals surface area contributed by atoms with E-state index in [9.17, 15) is 4.79 Å². The highest BCUT2D eigenvalue weighted by atomic mass is 79.9. The van der Waals surface area contributed by atoms with Crippen LogP contribution in [-0.4, -0.2) is 14.0 Å². The molecule has 0 saturated carbocycles. The van der Waals surface area contributed by atoms with Crippen molar-refractivity contribution in [1.29, 1.82) is 0 Å². The Kier molecular flexibility index (Phi) is 3.45. The largest absolute Gasteiger partial charge is 0.292 e. The van der Waals surface area contributed by atoms with Gasteiger partial charge in [0.2, 0.25) is 0 Å². The normalized spacial score (nSPS) is 11.7. The lowest BCUT2D eigenvalue weighted by Crippen LogP contribution is -2.21. The molecule has 23 heavy (non-hydrogen) atoms. The van der Waals surface area contributed by atoms with Crippen molar-refractivity contribution in [2.24, 2.45) is 0 Å². The second-order valence-electron chi connectivity index (χ2n) is 5.72. The van der Waals surface area contributed by atoms with Gasteiger partial charge >= 0.3 is 0 Å². The molecule has 0 amide bonds. The molecule has 0 aliphatic heterocycles. The third kappa shape index (κ3) is 2.18. The van der Waals surface area contributed by atoms with Crippen LogP contribution in [0.4, 0.5) is 0 Å². The van der Waals surface area contributed by atoms with Gasteiger partial charge in [-0.05, 0) is 40.5 Å². The molecule has 5 heteroatoms. The summed E-state index contributed by atoms with van der Waals surface area (Å²) in [5.41, 5.74) is 2.67. The van der Waals surface area contributed by atoms with Crippen LogP contribution in [0.15, 0.2) is 51.9 Å². The average Bonchev–Trinajstić information content (AvgIpc) is 2.94. The van der Waals surface area contributed by atoms with Gasteiger partial charge in [0.15, 0.2) is 0 Å². The Labute approximate surface area is 141 Å². The molecule has 0 aliphatic rings. The molecule has 4 rings (SSSR count). The van der Waals surface area contributed by atoms with E-state index < -0.39 is 0 Å². The molecule has 0 atom stereocenters. The van der Waals surface area contributed by atoms with Crippen molar-refractivity contribution in [2.45, 2.75) is 26.3 Å². The summed E-state index contributed by atoms with van der Waals surface area (Å²) in [4.78, 5) is 17.8. The number of halogens is 1. The molecule has 1 aromatic carbocycles. The zero-order valence-corrected chi connectivity index (χ0v) is 14.4. The topological polar surface area (TPSA) is 39.3 Å². The molecule has 0 N–H and O–H groups in total. The molecular formula is C18H16BrN3O. The highest BCUT2D eigenvalue weighted by molar-refractivity contribution is 9.10. The second-order valence-corrected chi connectivity index (χ2v) is 6.63. The van der Waals surface area contributed by atoms with Crippen LogP contribution in [0.1, 0.15) is 19.8 Å². The summed E-state index contributed by atoms with van der Waals surface area (Å²) in [7, 11) is 0. The number of rotatable bonds is 3. The highest BCUT2D eigenvalue weighted by Gasteiger charge is 2.15. The molecule has 0 unspecified atom stereocenters. The zero-order chi connectivity index (χ0) is 16.0. The first kappa shape index (κ1) is 14.5. The first-order chi connectivity index (χ1) is 11.2. The van der Waals surface area contributed by atoms with Gasteiger partial charge < -0.3 is 0 Å². The van der Waals surface area contributed by atoms with E-state index in [2.05, 4.69) is 22.9 Å². The first-order valence-electron chi connectivity index (χ1n) is 7.79. The number of unbranched alkanes of at least 4 members (excludes halogenated alkanes) is 1. The lowest BCUT2D eigenvalue weighted by molar-refractivity contribution is 0.629. The van der Waals surface area contributed by atoms with Gasteiger partial charge in [-0.1, -0.05) is 31.5 Å². The van der Waals surface area contributed by atoms with E-state index in [1.165, 1.54) is 0 Å². The highest BCUT2D eigenvalue weighted by Crippen LogP contribution is 2.25. The minimum absolute atomic E-state index is 0.0586. The monoisotopic (exact) mass is 369 g/mol. The molecule has 116 valence electrons. The van der Waals surface area contributed by atoms with Gasteiger partial charge in [-0.25, -0.2) is 4.98 Å². The van der Waals surface area contributed by atoms with Crippen molar-refractivity contribution in [1.82, 2.24) is 14.0 Å². The molecule has 0 fully saturated rings. The predicted molar refractivity (Wildman–Crippen MR) is 97.1 cm³/mol. The molecule has 4 nitrogen and oxygen atoms in total. The van der Waals surface area contributed by atoms with Crippen LogP contribution in [0.25, 0.3) is 27.6 Å². The number of nitrogens with zero attached hydrogens (tertiary/aromatic N) is 3. The number of aryl methyl sites for hydroxylation is 1. The van der Waals surface area contributed by atoms with Crippen molar-refractivity contribution < 1.29 is 0 Å². The number of benzene rings is 1. The van der Waals surface area contributed by atoms with Crippen LogP contribution in [0, 0.1) is 0 Å². The molecule has 0 spiro atoms. The van der Waals surface area contributed by atoms with Crippen molar-refractivity contribution in [2.75, 3.05) is 0 Å². The number of fused-ring (bicyclic) bond motifs is 5. The minimum Gasteiger partial charge on any atom is -0.292 e. The van der Waals surface area contributed by atoms with E-state index in [0.29, 0.717) is 6.54 Å². The Bertz CT molecular complexity index is 1090. The smallest absolute Gasteiger partial charge is 0.260 e. The summed E-state index contributed by atoms with van der Waals surface area (Å²) in [5, 5.41) is 1.65. The Balaban J connectivity index is 2.25. The Morgan fingerprint density at radius 3 is 2.70 bits per heavy atom. The number of imidazole rings is 1. The van der Waals surface area contributed by atoms with E-state index in [0.717, 1.165) is 44.9 Å². The standard InChI is InChI=1S/C18H16BrN3O/c1-2-3-10-21-17-16(13-6-4-5-7-14(13)18(21)23)20-15-9-8-12(19)11-22(15)17/h4-9,11H,2-3,10H2,1H3. The predicted octanol–water partition coefficient (Wildman–Crippen LogP) is 4.37. The van der Waals surface area contributed by atoms with Gasteiger partial charge in [0, 0.05) is 28.0 Å². The number of hydrogen-bond acceptors (Lipinski definition) is 2. The van der Waals surface area contributed by atoms with Gasteiger partial charge in [-0.15, -0.1) is 0 Å². The lowest BCUT2D eigenvalue weighted by atomic mass is 10.1. The first-order valence-corrected chi connectivity index (χ1v) is 8.59. The second kappa shape index (κ2) is 5.49.